The first kappa shape index (κ1) is 22.1. The van der Waals surface area contributed by atoms with E-state index >= 15 is 0 Å². The van der Waals surface area contributed by atoms with Gasteiger partial charge < -0.3 is 9.32 Å². The van der Waals surface area contributed by atoms with E-state index in [1.54, 1.807) is 30.5 Å². The zero-order valence-corrected chi connectivity index (χ0v) is 18.1. The first-order chi connectivity index (χ1) is 15.5. The number of carbonyl (C=O) groups is 1. The van der Waals surface area contributed by atoms with Crippen LogP contribution in [0.15, 0.2) is 59.1 Å². The van der Waals surface area contributed by atoms with Crippen molar-refractivity contribution in [1.82, 2.24) is 14.8 Å². The van der Waals surface area contributed by atoms with Crippen molar-refractivity contribution >= 4 is 5.91 Å². The van der Waals surface area contributed by atoms with E-state index < -0.39 is 0 Å². The highest BCUT2D eigenvalue weighted by atomic mass is 19.1. The molecule has 1 aromatic heterocycles. The van der Waals surface area contributed by atoms with Gasteiger partial charge in [-0.3, -0.25) is 9.69 Å². The Labute approximate surface area is 186 Å². The zero-order valence-electron chi connectivity index (χ0n) is 18.1. The molecule has 2 heterocycles. The minimum absolute atomic E-state index is 0.0140. The Morgan fingerprint density at radius 3 is 2.88 bits per heavy atom. The molecule has 7 heteroatoms. The first-order valence-corrected chi connectivity index (χ1v) is 10.9. The first-order valence-electron chi connectivity index (χ1n) is 10.9. The summed E-state index contributed by atoms with van der Waals surface area (Å²) in [7, 11) is 1.82. The van der Waals surface area contributed by atoms with Crippen LogP contribution in [0.2, 0.25) is 0 Å². The third-order valence-electron chi connectivity index (χ3n) is 5.77. The average molecular weight is 440 g/mol. The molecule has 1 atom stereocenters. The van der Waals surface area contributed by atoms with Crippen LogP contribution in [0.1, 0.15) is 41.5 Å². The molecule has 3 aromatic rings. The van der Waals surface area contributed by atoms with Gasteiger partial charge in [0.05, 0.1) is 18.7 Å². The number of oxazole rings is 1. The van der Waals surface area contributed by atoms with Gasteiger partial charge >= 0.3 is 0 Å². The number of hydrogen-bond acceptors (Lipinski definition) is 4. The summed E-state index contributed by atoms with van der Waals surface area (Å²) in [6, 6.07) is 13.0. The van der Waals surface area contributed by atoms with Gasteiger partial charge in [-0.15, -0.1) is 0 Å². The van der Waals surface area contributed by atoms with Crippen LogP contribution < -0.4 is 0 Å². The van der Waals surface area contributed by atoms with Crippen molar-refractivity contribution < 1.29 is 18.0 Å². The second-order valence-electron chi connectivity index (χ2n) is 8.41. The number of likely N-dealkylation sites (N-methyl/N-ethyl adjacent to an activating group) is 1. The molecule has 1 aliphatic heterocycles. The lowest BCUT2D eigenvalue weighted by Gasteiger charge is -2.32. The Balaban J connectivity index is 1.33. The summed E-state index contributed by atoms with van der Waals surface area (Å²) in [5.41, 5.74) is 1.40. The van der Waals surface area contributed by atoms with Crippen LogP contribution in [0.4, 0.5) is 8.78 Å². The van der Waals surface area contributed by atoms with Crippen molar-refractivity contribution in [2.45, 2.75) is 31.7 Å². The number of nitrogens with zero attached hydrogens (tertiary/aromatic N) is 3. The fourth-order valence-corrected chi connectivity index (χ4v) is 4.15. The third kappa shape index (κ3) is 5.59. The summed E-state index contributed by atoms with van der Waals surface area (Å²) < 4.78 is 33.2. The molecule has 2 aromatic carbocycles. The normalized spacial score (nSPS) is 16.5. The predicted octanol–water partition coefficient (Wildman–Crippen LogP) is 4.38. The molecule has 0 spiro atoms. The molecule has 1 saturated heterocycles. The Morgan fingerprint density at radius 1 is 1.22 bits per heavy atom. The molecule has 0 bridgehead atoms. The van der Waals surface area contributed by atoms with Gasteiger partial charge in [-0.1, -0.05) is 30.3 Å². The van der Waals surface area contributed by atoms with Gasteiger partial charge in [-0.2, -0.15) is 0 Å². The minimum Gasteiger partial charge on any atom is -0.445 e. The maximum Gasteiger partial charge on any atom is 0.236 e. The summed E-state index contributed by atoms with van der Waals surface area (Å²) in [5.74, 6) is 0.810. The van der Waals surface area contributed by atoms with Gasteiger partial charge in [0.15, 0.2) is 5.89 Å². The number of halogens is 2. The molecule has 0 saturated carbocycles. The number of aromatic nitrogens is 1. The second kappa shape index (κ2) is 10.0. The quantitative estimate of drug-likeness (QED) is 0.548. The number of likely N-dealkylation sites (tertiary alicyclic amines) is 1. The van der Waals surface area contributed by atoms with E-state index in [2.05, 4.69) is 4.98 Å². The number of hydrogen-bond donors (Lipinski definition) is 0. The number of amides is 1. The SMILES string of the molecule is CN(CC(=O)N1CCC[C@H](c2ncc(Cc3cccc(F)c3)o2)C1)Cc1ccccc1F. The molecule has 5 nitrogen and oxygen atoms in total. The highest BCUT2D eigenvalue weighted by Gasteiger charge is 2.28. The van der Waals surface area contributed by atoms with Gasteiger partial charge in [-0.05, 0) is 43.7 Å². The molecule has 0 aliphatic carbocycles. The fraction of sp³-hybridized carbons (Fsp3) is 0.360. The lowest BCUT2D eigenvalue weighted by atomic mass is 9.98. The summed E-state index contributed by atoms with van der Waals surface area (Å²) in [6.07, 6.45) is 3.92. The van der Waals surface area contributed by atoms with Crippen LogP contribution in [-0.2, 0) is 17.8 Å². The Hall–Kier alpha value is -3.06. The van der Waals surface area contributed by atoms with Gasteiger partial charge in [0.1, 0.15) is 17.4 Å². The van der Waals surface area contributed by atoms with Gasteiger partial charge in [-0.25, -0.2) is 13.8 Å². The van der Waals surface area contributed by atoms with E-state index in [9.17, 15) is 13.6 Å². The van der Waals surface area contributed by atoms with Crippen LogP contribution >= 0.6 is 0 Å². The fourth-order valence-electron chi connectivity index (χ4n) is 4.15. The molecular formula is C25H27F2N3O2. The number of benzene rings is 2. The number of piperidine rings is 1. The van der Waals surface area contributed by atoms with E-state index in [0.717, 1.165) is 18.4 Å². The van der Waals surface area contributed by atoms with E-state index in [1.807, 2.05) is 22.9 Å². The highest BCUT2D eigenvalue weighted by Crippen LogP contribution is 2.27. The summed E-state index contributed by atoms with van der Waals surface area (Å²) >= 11 is 0. The van der Waals surface area contributed by atoms with Crippen LogP contribution in [0.3, 0.4) is 0 Å². The molecule has 1 amide bonds. The summed E-state index contributed by atoms with van der Waals surface area (Å²) in [4.78, 5) is 20.9. The summed E-state index contributed by atoms with van der Waals surface area (Å²) in [5, 5.41) is 0. The molecule has 0 unspecified atom stereocenters. The van der Waals surface area contributed by atoms with Crippen LogP contribution in [0.5, 0.6) is 0 Å². The molecule has 0 radical (unpaired) electrons. The lowest BCUT2D eigenvalue weighted by Crippen LogP contribution is -2.43. The largest absolute Gasteiger partial charge is 0.445 e. The lowest BCUT2D eigenvalue weighted by molar-refractivity contribution is -0.133. The Bertz CT molecular complexity index is 1070. The molecule has 4 rings (SSSR count). The van der Waals surface area contributed by atoms with Crippen molar-refractivity contribution in [3.05, 3.63) is 89.1 Å². The maximum atomic E-state index is 13.9. The van der Waals surface area contributed by atoms with Crippen LogP contribution in [0, 0.1) is 11.6 Å². The van der Waals surface area contributed by atoms with Crippen LogP contribution in [0.25, 0.3) is 0 Å². The van der Waals surface area contributed by atoms with Gasteiger partial charge in [0.2, 0.25) is 5.91 Å². The summed E-state index contributed by atoms with van der Waals surface area (Å²) in [6.45, 7) is 1.84. The van der Waals surface area contributed by atoms with Crippen molar-refractivity contribution in [3.63, 3.8) is 0 Å². The van der Waals surface area contributed by atoms with E-state index in [-0.39, 0.29) is 30.0 Å². The van der Waals surface area contributed by atoms with Gasteiger partial charge in [0.25, 0.3) is 0 Å². The van der Waals surface area contributed by atoms with Gasteiger partial charge in [0, 0.05) is 31.6 Å². The third-order valence-corrected chi connectivity index (χ3v) is 5.77. The second-order valence-corrected chi connectivity index (χ2v) is 8.41. The maximum absolute atomic E-state index is 13.9. The average Bonchev–Trinajstić information content (AvgIpc) is 3.24. The molecule has 1 aliphatic rings. The number of carbonyl (C=O) groups excluding carboxylic acids is 1. The minimum atomic E-state index is -0.274. The van der Waals surface area contributed by atoms with Crippen molar-refractivity contribution in [1.29, 1.82) is 0 Å². The topological polar surface area (TPSA) is 49.6 Å². The monoisotopic (exact) mass is 439 g/mol. The van der Waals surface area contributed by atoms with Crippen LogP contribution in [-0.4, -0.2) is 47.4 Å². The highest BCUT2D eigenvalue weighted by molar-refractivity contribution is 5.78. The molecule has 32 heavy (non-hydrogen) atoms. The molecule has 0 N–H and O–H groups in total. The molecular weight excluding hydrogens is 412 g/mol. The Morgan fingerprint density at radius 2 is 2.06 bits per heavy atom. The molecule has 168 valence electrons. The standard InChI is InChI=1S/C25H27F2N3O2/c1-29(15-19-7-2-3-10-23(19)27)17-24(31)30-11-5-8-20(16-30)25-28-14-22(32-25)13-18-6-4-9-21(26)12-18/h2-4,6-7,9-10,12,14,20H,5,8,11,13,15-17H2,1H3/t20-/m0/s1. The van der Waals surface area contributed by atoms with E-state index in [0.29, 0.717) is 43.3 Å². The molecule has 1 fully saturated rings. The van der Waals surface area contributed by atoms with Crippen molar-refractivity contribution in [2.24, 2.45) is 0 Å². The Kier molecular flexibility index (Phi) is 6.95. The van der Waals surface area contributed by atoms with E-state index in [4.69, 9.17) is 4.42 Å². The van der Waals surface area contributed by atoms with Crippen molar-refractivity contribution in [2.75, 3.05) is 26.7 Å². The predicted molar refractivity (Wildman–Crippen MR) is 117 cm³/mol. The van der Waals surface area contributed by atoms with Crippen molar-refractivity contribution in [3.8, 4) is 0 Å². The van der Waals surface area contributed by atoms with E-state index in [1.165, 1.54) is 18.2 Å². The smallest absolute Gasteiger partial charge is 0.236 e. The number of rotatable bonds is 7. The zero-order chi connectivity index (χ0) is 22.5.